The van der Waals surface area contributed by atoms with E-state index in [9.17, 15) is 9.90 Å². The van der Waals surface area contributed by atoms with Gasteiger partial charge in [-0.3, -0.25) is 4.79 Å². The van der Waals surface area contributed by atoms with E-state index in [4.69, 9.17) is 4.74 Å². The lowest BCUT2D eigenvalue weighted by Crippen LogP contribution is -2.56. The maximum absolute atomic E-state index is 11.2. The molecule has 0 radical (unpaired) electrons. The van der Waals surface area contributed by atoms with Crippen molar-refractivity contribution in [3.63, 3.8) is 0 Å². The Morgan fingerprint density at radius 1 is 1.25 bits per heavy atom. The summed E-state index contributed by atoms with van der Waals surface area (Å²) in [5.74, 6) is 1.33. The van der Waals surface area contributed by atoms with Crippen LogP contribution in [0.25, 0.3) is 0 Å². The van der Waals surface area contributed by atoms with Crippen molar-refractivity contribution in [3.05, 3.63) is 0 Å². The normalized spacial score (nSPS) is 43.7. The van der Waals surface area contributed by atoms with Crippen molar-refractivity contribution in [3.8, 4) is 0 Å². The first-order chi connectivity index (χ1) is 9.19. The molecule has 5 atom stereocenters. The quantitative estimate of drug-likeness (QED) is 0.790. The first-order valence-corrected chi connectivity index (χ1v) is 8.01. The molecule has 3 nitrogen and oxygen atoms in total. The topological polar surface area (TPSA) is 46.5 Å². The Kier molecular flexibility index (Phi) is 4.21. The van der Waals surface area contributed by atoms with Crippen molar-refractivity contribution in [1.29, 1.82) is 0 Å². The fourth-order valence-electron chi connectivity index (χ4n) is 5.06. The summed E-state index contributed by atoms with van der Waals surface area (Å²) in [5, 5.41) is 10.4. The summed E-state index contributed by atoms with van der Waals surface area (Å²) in [4.78, 5) is 11.2. The summed E-state index contributed by atoms with van der Waals surface area (Å²) < 4.78 is 5.36. The Labute approximate surface area is 123 Å². The fourth-order valence-corrected chi connectivity index (χ4v) is 5.06. The predicted molar refractivity (Wildman–Crippen MR) is 79.1 cm³/mol. The Morgan fingerprint density at radius 3 is 2.50 bits per heavy atom. The van der Waals surface area contributed by atoms with Crippen LogP contribution in [0.5, 0.6) is 0 Å². The number of aliphatic hydroxyl groups excluding tert-OH is 1. The number of esters is 1. The average Bonchev–Trinajstić information content (AvgIpc) is 2.33. The molecule has 0 spiro atoms. The van der Waals surface area contributed by atoms with Crippen molar-refractivity contribution < 1.29 is 14.6 Å². The Morgan fingerprint density at radius 2 is 1.90 bits per heavy atom. The average molecular weight is 282 g/mol. The highest BCUT2D eigenvalue weighted by molar-refractivity contribution is 5.65. The van der Waals surface area contributed by atoms with E-state index in [1.165, 1.54) is 19.8 Å². The van der Waals surface area contributed by atoms with E-state index in [-0.39, 0.29) is 22.9 Å². The molecule has 1 N–H and O–H groups in total. The number of carbonyl (C=O) groups excluding carboxylic acids is 1. The molecule has 2 fully saturated rings. The van der Waals surface area contributed by atoms with Gasteiger partial charge in [-0.15, -0.1) is 0 Å². The van der Waals surface area contributed by atoms with Crippen molar-refractivity contribution in [1.82, 2.24) is 0 Å². The summed E-state index contributed by atoms with van der Waals surface area (Å²) in [6.45, 7) is 11.1. The molecule has 0 heterocycles. The smallest absolute Gasteiger partial charge is 0.302 e. The molecule has 0 aromatic heterocycles. The Bertz CT molecular complexity index is 376. The highest BCUT2D eigenvalue weighted by Gasteiger charge is 2.56. The molecule has 0 unspecified atom stereocenters. The lowest BCUT2D eigenvalue weighted by molar-refractivity contribution is -0.168. The first-order valence-electron chi connectivity index (χ1n) is 8.01. The molecule has 2 saturated carbocycles. The van der Waals surface area contributed by atoms with Gasteiger partial charge in [0.05, 0.1) is 12.7 Å². The SMILES string of the molecule is CC(=O)OC[C@H]1[C@@H](C)CC[C@H]2C(C)(C)[C@@H](O)CC[C@]12C. The number of carbonyl (C=O) groups is 1. The van der Waals surface area contributed by atoms with Gasteiger partial charge < -0.3 is 9.84 Å². The zero-order valence-electron chi connectivity index (χ0n) is 13.6. The molecular formula is C17H30O3. The van der Waals surface area contributed by atoms with Crippen LogP contribution in [0.2, 0.25) is 0 Å². The summed E-state index contributed by atoms with van der Waals surface area (Å²) in [6, 6.07) is 0. The molecule has 0 amide bonds. The van der Waals surface area contributed by atoms with E-state index in [0.717, 1.165) is 12.8 Å². The monoisotopic (exact) mass is 282 g/mol. The molecule has 0 aromatic carbocycles. The highest BCUT2D eigenvalue weighted by Crippen LogP contribution is 2.61. The van der Waals surface area contributed by atoms with Gasteiger partial charge in [0.1, 0.15) is 0 Å². The molecule has 0 saturated heterocycles. The minimum absolute atomic E-state index is 0.0401. The van der Waals surface area contributed by atoms with E-state index in [0.29, 0.717) is 24.4 Å². The number of rotatable bonds is 2. The van der Waals surface area contributed by atoms with E-state index in [2.05, 4.69) is 27.7 Å². The van der Waals surface area contributed by atoms with Crippen molar-refractivity contribution >= 4 is 5.97 Å². The Balaban J connectivity index is 2.25. The van der Waals surface area contributed by atoms with Gasteiger partial charge in [0, 0.05) is 12.8 Å². The standard InChI is InChI=1S/C17H30O3/c1-11-6-7-14-16(3,4)15(19)8-9-17(14,5)13(11)10-20-12(2)18/h11,13-15,19H,6-10H2,1-5H3/t11-,13-,14-,15-,17+/m0/s1. The largest absolute Gasteiger partial charge is 0.466 e. The number of ether oxygens (including phenoxy) is 1. The molecule has 0 aromatic rings. The first kappa shape index (κ1) is 15.8. The molecule has 2 rings (SSSR count). The van der Waals surface area contributed by atoms with Crippen molar-refractivity contribution in [2.75, 3.05) is 6.61 Å². The van der Waals surface area contributed by atoms with Gasteiger partial charge in [0.15, 0.2) is 0 Å². The Hall–Kier alpha value is -0.570. The number of hydrogen-bond donors (Lipinski definition) is 1. The third-order valence-corrected chi connectivity index (χ3v) is 6.42. The van der Waals surface area contributed by atoms with Gasteiger partial charge in [-0.1, -0.05) is 27.7 Å². The van der Waals surface area contributed by atoms with Gasteiger partial charge in [-0.2, -0.15) is 0 Å². The van der Waals surface area contributed by atoms with E-state index in [1.54, 1.807) is 0 Å². The predicted octanol–water partition coefficient (Wildman–Crippen LogP) is 3.40. The lowest BCUT2D eigenvalue weighted by Gasteiger charge is -2.60. The summed E-state index contributed by atoms with van der Waals surface area (Å²) in [6.07, 6.45) is 4.05. The van der Waals surface area contributed by atoms with Crippen LogP contribution in [0.1, 0.15) is 60.3 Å². The molecule has 3 heteroatoms. The van der Waals surface area contributed by atoms with Gasteiger partial charge in [0.25, 0.3) is 0 Å². The van der Waals surface area contributed by atoms with Crippen LogP contribution in [0.4, 0.5) is 0 Å². The molecule has 0 aliphatic heterocycles. The van der Waals surface area contributed by atoms with E-state index < -0.39 is 0 Å². The zero-order valence-corrected chi connectivity index (χ0v) is 13.6. The third-order valence-electron chi connectivity index (χ3n) is 6.42. The molecule has 20 heavy (non-hydrogen) atoms. The van der Waals surface area contributed by atoms with E-state index >= 15 is 0 Å². The van der Waals surface area contributed by atoms with Crippen LogP contribution in [0.3, 0.4) is 0 Å². The summed E-state index contributed by atoms with van der Waals surface area (Å²) >= 11 is 0. The minimum Gasteiger partial charge on any atom is -0.466 e. The van der Waals surface area contributed by atoms with Crippen LogP contribution in [-0.4, -0.2) is 23.8 Å². The van der Waals surface area contributed by atoms with Crippen LogP contribution in [-0.2, 0) is 9.53 Å². The van der Waals surface area contributed by atoms with Gasteiger partial charge >= 0.3 is 5.97 Å². The highest BCUT2D eigenvalue weighted by atomic mass is 16.5. The summed E-state index contributed by atoms with van der Waals surface area (Å²) in [5.41, 5.74) is 0.136. The minimum atomic E-state index is -0.205. The van der Waals surface area contributed by atoms with Crippen LogP contribution >= 0.6 is 0 Å². The van der Waals surface area contributed by atoms with Gasteiger partial charge in [-0.25, -0.2) is 0 Å². The maximum atomic E-state index is 11.2. The van der Waals surface area contributed by atoms with E-state index in [1.807, 2.05) is 0 Å². The van der Waals surface area contributed by atoms with Gasteiger partial charge in [-0.05, 0) is 48.3 Å². The van der Waals surface area contributed by atoms with Crippen LogP contribution < -0.4 is 0 Å². The number of aliphatic hydroxyl groups is 1. The molecule has 116 valence electrons. The van der Waals surface area contributed by atoms with Crippen molar-refractivity contribution in [2.45, 2.75) is 66.4 Å². The molecule has 2 aliphatic rings. The maximum Gasteiger partial charge on any atom is 0.302 e. The lowest BCUT2D eigenvalue weighted by atomic mass is 9.46. The fraction of sp³-hybridized carbons (Fsp3) is 0.941. The van der Waals surface area contributed by atoms with Crippen LogP contribution in [0, 0.1) is 28.6 Å². The molecular weight excluding hydrogens is 252 g/mol. The third kappa shape index (κ3) is 2.49. The number of hydrogen-bond acceptors (Lipinski definition) is 3. The van der Waals surface area contributed by atoms with Gasteiger partial charge in [0.2, 0.25) is 0 Å². The molecule has 0 bridgehead atoms. The zero-order chi connectivity index (χ0) is 15.1. The number of fused-ring (bicyclic) bond motifs is 1. The van der Waals surface area contributed by atoms with Crippen LogP contribution in [0.15, 0.2) is 0 Å². The second kappa shape index (κ2) is 5.32. The molecule has 2 aliphatic carbocycles. The second-order valence-corrected chi connectivity index (χ2v) is 7.90. The summed E-state index contributed by atoms with van der Waals surface area (Å²) in [7, 11) is 0. The van der Waals surface area contributed by atoms with Crippen molar-refractivity contribution in [2.24, 2.45) is 28.6 Å². The second-order valence-electron chi connectivity index (χ2n) is 7.90.